The quantitative estimate of drug-likeness (QED) is 0.743. The van der Waals surface area contributed by atoms with Gasteiger partial charge >= 0.3 is 0 Å². The molecule has 86 valence electrons. The molecule has 1 N–H and O–H groups in total. The van der Waals surface area contributed by atoms with Crippen LogP contribution in [0.3, 0.4) is 0 Å². The Hall–Kier alpha value is -0.890. The zero-order valence-electron chi connectivity index (χ0n) is 9.54. The molecule has 1 aromatic rings. The average Bonchev–Trinajstić information content (AvgIpc) is 2.28. The van der Waals surface area contributed by atoms with Crippen LogP contribution < -0.4 is 10.2 Å². The van der Waals surface area contributed by atoms with Gasteiger partial charge in [-0.3, -0.25) is 0 Å². The Morgan fingerprint density at radius 3 is 3.19 bits per heavy atom. The lowest BCUT2D eigenvalue weighted by Crippen LogP contribution is -2.48. The first-order valence-electron chi connectivity index (χ1n) is 6.04. The lowest BCUT2D eigenvalue weighted by molar-refractivity contribution is 0.367. The number of hydrogen-bond donors (Lipinski definition) is 1. The molecule has 0 amide bonds. The molecular formula is C13H17ClN2. The maximum atomic E-state index is 6.02. The number of fused-ring (bicyclic) bond motifs is 3. The fourth-order valence-corrected chi connectivity index (χ4v) is 3.06. The average molecular weight is 237 g/mol. The van der Waals surface area contributed by atoms with E-state index < -0.39 is 0 Å². The van der Waals surface area contributed by atoms with Crippen molar-refractivity contribution in [2.24, 2.45) is 5.92 Å². The van der Waals surface area contributed by atoms with Crippen LogP contribution in [0.1, 0.15) is 19.8 Å². The first kappa shape index (κ1) is 10.3. The highest BCUT2D eigenvalue weighted by molar-refractivity contribution is 6.31. The highest BCUT2D eigenvalue weighted by Gasteiger charge is 2.30. The summed E-state index contributed by atoms with van der Waals surface area (Å²) in [5.74, 6) is 0.858. The first-order valence-corrected chi connectivity index (χ1v) is 6.42. The number of nitrogens with one attached hydrogen (secondary N) is 1. The normalized spacial score (nSPS) is 28.0. The lowest BCUT2D eigenvalue weighted by Gasteiger charge is -2.44. The van der Waals surface area contributed by atoms with E-state index in [9.17, 15) is 0 Å². The predicted molar refractivity (Wildman–Crippen MR) is 69.5 cm³/mol. The molecule has 3 rings (SSSR count). The van der Waals surface area contributed by atoms with Gasteiger partial charge in [0.1, 0.15) is 0 Å². The van der Waals surface area contributed by atoms with E-state index in [1.54, 1.807) is 0 Å². The largest absolute Gasteiger partial charge is 0.381 e. The molecule has 3 heteroatoms. The van der Waals surface area contributed by atoms with Crippen LogP contribution in [0.15, 0.2) is 18.2 Å². The standard InChI is InChI=1S/C13H17ClN2/c1-9-4-5-16-11(6-9)8-15-12-7-10(14)2-3-13(12)16/h2-3,7,9,11,15H,4-6,8H2,1H3. The van der Waals surface area contributed by atoms with Crippen molar-refractivity contribution in [1.82, 2.24) is 0 Å². The van der Waals surface area contributed by atoms with Crippen molar-refractivity contribution in [3.05, 3.63) is 23.2 Å². The van der Waals surface area contributed by atoms with E-state index in [1.165, 1.54) is 30.8 Å². The van der Waals surface area contributed by atoms with E-state index in [2.05, 4.69) is 23.2 Å². The summed E-state index contributed by atoms with van der Waals surface area (Å²) in [5.41, 5.74) is 2.52. The highest BCUT2D eigenvalue weighted by atomic mass is 35.5. The van der Waals surface area contributed by atoms with Crippen LogP contribution >= 0.6 is 11.6 Å². The number of nitrogens with zero attached hydrogens (tertiary/aromatic N) is 1. The van der Waals surface area contributed by atoms with Gasteiger partial charge in [-0.25, -0.2) is 0 Å². The van der Waals surface area contributed by atoms with E-state index in [0.29, 0.717) is 6.04 Å². The topological polar surface area (TPSA) is 15.3 Å². The molecule has 2 unspecified atom stereocenters. The van der Waals surface area contributed by atoms with Crippen LogP contribution in [0.5, 0.6) is 0 Å². The highest BCUT2D eigenvalue weighted by Crippen LogP contribution is 2.37. The van der Waals surface area contributed by atoms with E-state index >= 15 is 0 Å². The van der Waals surface area contributed by atoms with Crippen LogP contribution in [0.25, 0.3) is 0 Å². The zero-order valence-corrected chi connectivity index (χ0v) is 10.3. The molecule has 2 nitrogen and oxygen atoms in total. The second kappa shape index (κ2) is 3.85. The molecule has 0 saturated carbocycles. The Morgan fingerprint density at radius 2 is 2.31 bits per heavy atom. The monoisotopic (exact) mass is 236 g/mol. The molecule has 1 fully saturated rings. The Labute approximate surface area is 102 Å². The van der Waals surface area contributed by atoms with Crippen molar-refractivity contribution in [3.8, 4) is 0 Å². The van der Waals surface area contributed by atoms with Crippen LogP contribution in [-0.2, 0) is 0 Å². The SMILES string of the molecule is CC1CCN2c3ccc(Cl)cc3NCC2C1. The van der Waals surface area contributed by atoms with E-state index in [0.717, 1.165) is 17.5 Å². The summed E-state index contributed by atoms with van der Waals surface area (Å²) in [6, 6.07) is 6.83. The molecule has 2 aliphatic rings. The third-order valence-corrected chi connectivity index (χ3v) is 4.01. The van der Waals surface area contributed by atoms with Crippen molar-refractivity contribution in [2.75, 3.05) is 23.3 Å². The van der Waals surface area contributed by atoms with E-state index in [1.807, 2.05) is 12.1 Å². The van der Waals surface area contributed by atoms with Gasteiger partial charge in [0.15, 0.2) is 0 Å². The second-order valence-corrected chi connectivity index (χ2v) is 5.46. The molecule has 1 saturated heterocycles. The number of benzene rings is 1. The summed E-state index contributed by atoms with van der Waals surface area (Å²) in [6.07, 6.45) is 2.60. The summed E-state index contributed by atoms with van der Waals surface area (Å²) in [4.78, 5) is 2.54. The third-order valence-electron chi connectivity index (χ3n) is 3.77. The minimum atomic E-state index is 0.664. The van der Waals surface area contributed by atoms with Gasteiger partial charge in [-0.1, -0.05) is 18.5 Å². The molecule has 2 heterocycles. The van der Waals surface area contributed by atoms with E-state index in [-0.39, 0.29) is 0 Å². The van der Waals surface area contributed by atoms with Crippen LogP contribution in [-0.4, -0.2) is 19.1 Å². The molecular weight excluding hydrogens is 220 g/mol. The van der Waals surface area contributed by atoms with Crippen molar-refractivity contribution in [1.29, 1.82) is 0 Å². The number of anilines is 2. The van der Waals surface area contributed by atoms with Gasteiger partial charge < -0.3 is 10.2 Å². The molecule has 0 spiro atoms. The molecule has 0 radical (unpaired) electrons. The van der Waals surface area contributed by atoms with Gasteiger partial charge in [0, 0.05) is 24.2 Å². The van der Waals surface area contributed by atoms with Crippen molar-refractivity contribution in [3.63, 3.8) is 0 Å². The van der Waals surface area contributed by atoms with Gasteiger partial charge in [0.2, 0.25) is 0 Å². The van der Waals surface area contributed by atoms with Crippen LogP contribution in [0.2, 0.25) is 5.02 Å². The lowest BCUT2D eigenvalue weighted by atomic mass is 9.90. The van der Waals surface area contributed by atoms with Gasteiger partial charge in [-0.05, 0) is 37.0 Å². The summed E-state index contributed by atoms with van der Waals surface area (Å²) in [7, 11) is 0. The number of halogens is 1. The Morgan fingerprint density at radius 1 is 1.44 bits per heavy atom. The minimum absolute atomic E-state index is 0.664. The summed E-state index contributed by atoms with van der Waals surface area (Å²) >= 11 is 6.02. The number of hydrogen-bond acceptors (Lipinski definition) is 2. The fourth-order valence-electron chi connectivity index (χ4n) is 2.89. The smallest absolute Gasteiger partial charge is 0.0606 e. The third kappa shape index (κ3) is 1.65. The minimum Gasteiger partial charge on any atom is -0.381 e. The first-order chi connectivity index (χ1) is 7.74. The second-order valence-electron chi connectivity index (χ2n) is 5.02. The van der Waals surface area contributed by atoms with Gasteiger partial charge in [0.05, 0.1) is 11.4 Å². The Bertz CT molecular complexity index is 405. The molecule has 0 bridgehead atoms. The van der Waals surface area contributed by atoms with Crippen molar-refractivity contribution >= 4 is 23.0 Å². The molecule has 0 aliphatic carbocycles. The van der Waals surface area contributed by atoms with E-state index in [4.69, 9.17) is 11.6 Å². The predicted octanol–water partition coefficient (Wildman–Crippen LogP) is 3.37. The van der Waals surface area contributed by atoms with Gasteiger partial charge in [-0.2, -0.15) is 0 Å². The summed E-state index contributed by atoms with van der Waals surface area (Å²) in [6.45, 7) is 4.59. The molecule has 1 aromatic carbocycles. The molecule has 16 heavy (non-hydrogen) atoms. The fraction of sp³-hybridized carbons (Fsp3) is 0.538. The maximum absolute atomic E-state index is 6.02. The van der Waals surface area contributed by atoms with Crippen molar-refractivity contribution in [2.45, 2.75) is 25.8 Å². The Balaban J connectivity index is 1.94. The molecule has 0 aromatic heterocycles. The number of rotatable bonds is 0. The van der Waals surface area contributed by atoms with Gasteiger partial charge in [0.25, 0.3) is 0 Å². The number of piperidine rings is 1. The molecule has 2 aliphatic heterocycles. The zero-order chi connectivity index (χ0) is 11.1. The molecule has 2 atom stereocenters. The van der Waals surface area contributed by atoms with Crippen molar-refractivity contribution < 1.29 is 0 Å². The summed E-state index contributed by atoms with van der Waals surface area (Å²) < 4.78 is 0. The van der Waals surface area contributed by atoms with Crippen LogP contribution in [0.4, 0.5) is 11.4 Å². The Kier molecular flexibility index (Phi) is 2.47. The van der Waals surface area contributed by atoms with Gasteiger partial charge in [-0.15, -0.1) is 0 Å². The summed E-state index contributed by atoms with van der Waals surface area (Å²) in [5, 5.41) is 4.31. The maximum Gasteiger partial charge on any atom is 0.0606 e. The van der Waals surface area contributed by atoms with Crippen LogP contribution in [0, 0.1) is 5.92 Å².